The van der Waals surface area contributed by atoms with E-state index in [1.165, 1.54) is 0 Å². The fourth-order valence-electron chi connectivity index (χ4n) is 2.80. The van der Waals surface area contributed by atoms with Crippen LogP contribution in [0.5, 0.6) is 5.88 Å². The third kappa shape index (κ3) is 2.79. The average molecular weight is 311 g/mol. The van der Waals surface area contributed by atoms with Crippen LogP contribution in [0, 0.1) is 6.92 Å². The number of aryl methyl sites for hydroxylation is 1. The smallest absolute Gasteiger partial charge is 0.232 e. The van der Waals surface area contributed by atoms with E-state index in [-0.39, 0.29) is 6.10 Å². The number of nitrogens with one attached hydrogen (secondary N) is 1. The molecule has 3 aromatic rings. The molecule has 0 atom stereocenters. The molecule has 23 heavy (non-hydrogen) atoms. The maximum absolute atomic E-state index is 5.86. The van der Waals surface area contributed by atoms with Crippen LogP contribution in [0.1, 0.15) is 18.5 Å². The summed E-state index contributed by atoms with van der Waals surface area (Å²) in [5.41, 5.74) is 1.72. The van der Waals surface area contributed by atoms with Gasteiger partial charge in [-0.2, -0.15) is 10.1 Å². The zero-order valence-electron chi connectivity index (χ0n) is 12.8. The molecule has 0 amide bonds. The largest absolute Gasteiger partial charge is 0.473 e. The van der Waals surface area contributed by atoms with E-state index < -0.39 is 0 Å². The lowest BCUT2D eigenvalue weighted by Gasteiger charge is -2.31. The van der Waals surface area contributed by atoms with Gasteiger partial charge in [0.05, 0.1) is 23.5 Å². The topological polar surface area (TPSA) is 92.7 Å². The van der Waals surface area contributed by atoms with Gasteiger partial charge in [0, 0.05) is 38.3 Å². The highest BCUT2D eigenvalue weighted by molar-refractivity contribution is 5.77. The van der Waals surface area contributed by atoms with Gasteiger partial charge in [-0.1, -0.05) is 0 Å². The Bertz CT molecular complexity index is 796. The van der Waals surface area contributed by atoms with Crippen LogP contribution in [-0.2, 0) is 0 Å². The fraction of sp³-hybridized carbons (Fsp3) is 0.400. The number of hydrogen-bond acceptors (Lipinski definition) is 7. The summed E-state index contributed by atoms with van der Waals surface area (Å²) in [6.45, 7) is 3.68. The SMILES string of the molecule is Cc1nc(N2CCC(Oc3cnccn3)CC2)nc2[nH]ncc12. The number of ether oxygens (including phenoxy) is 1. The maximum atomic E-state index is 5.86. The van der Waals surface area contributed by atoms with E-state index in [9.17, 15) is 0 Å². The molecule has 4 heterocycles. The van der Waals surface area contributed by atoms with Crippen LogP contribution in [0.15, 0.2) is 24.8 Å². The molecule has 0 spiro atoms. The van der Waals surface area contributed by atoms with Crippen molar-refractivity contribution >= 4 is 17.0 Å². The Morgan fingerprint density at radius 2 is 2.04 bits per heavy atom. The van der Waals surface area contributed by atoms with Crippen LogP contribution in [0.4, 0.5) is 5.95 Å². The van der Waals surface area contributed by atoms with Gasteiger partial charge in [0.2, 0.25) is 11.8 Å². The molecule has 0 radical (unpaired) electrons. The van der Waals surface area contributed by atoms with Crippen molar-refractivity contribution in [1.29, 1.82) is 0 Å². The molecular formula is C15H17N7O. The summed E-state index contributed by atoms with van der Waals surface area (Å²) in [5, 5.41) is 7.91. The number of rotatable bonds is 3. The first kappa shape index (κ1) is 13.9. The molecule has 0 saturated carbocycles. The molecule has 1 saturated heterocycles. The van der Waals surface area contributed by atoms with Gasteiger partial charge in [-0.05, 0) is 6.92 Å². The van der Waals surface area contributed by atoms with Crippen LogP contribution >= 0.6 is 0 Å². The average Bonchev–Trinajstić information content (AvgIpc) is 3.06. The van der Waals surface area contributed by atoms with Crippen molar-refractivity contribution in [2.45, 2.75) is 25.9 Å². The van der Waals surface area contributed by atoms with Gasteiger partial charge < -0.3 is 9.64 Å². The van der Waals surface area contributed by atoms with E-state index in [0.29, 0.717) is 5.88 Å². The quantitative estimate of drug-likeness (QED) is 0.783. The number of nitrogens with zero attached hydrogens (tertiary/aromatic N) is 6. The third-order valence-electron chi connectivity index (χ3n) is 4.04. The Kier molecular flexibility index (Phi) is 3.49. The number of hydrogen-bond donors (Lipinski definition) is 1. The van der Waals surface area contributed by atoms with Crippen LogP contribution in [0.3, 0.4) is 0 Å². The zero-order valence-corrected chi connectivity index (χ0v) is 12.8. The Balaban J connectivity index is 1.44. The molecule has 0 aromatic carbocycles. The maximum Gasteiger partial charge on any atom is 0.232 e. The van der Waals surface area contributed by atoms with Crippen molar-refractivity contribution in [3.05, 3.63) is 30.5 Å². The second-order valence-electron chi connectivity index (χ2n) is 5.59. The summed E-state index contributed by atoms with van der Waals surface area (Å²) >= 11 is 0. The van der Waals surface area contributed by atoms with Gasteiger partial charge in [0.15, 0.2) is 5.65 Å². The standard InChI is InChI=1S/C15H17N7O/c1-10-12-8-18-21-14(12)20-15(19-10)22-6-2-11(3-7-22)23-13-9-16-4-5-17-13/h4-5,8-9,11H,2-3,6-7H2,1H3,(H,18,19,20,21). The van der Waals surface area contributed by atoms with E-state index in [1.54, 1.807) is 24.8 Å². The normalized spacial score (nSPS) is 16.0. The first-order valence-electron chi connectivity index (χ1n) is 7.65. The fourth-order valence-corrected chi connectivity index (χ4v) is 2.80. The van der Waals surface area contributed by atoms with Gasteiger partial charge in [-0.25, -0.2) is 9.97 Å². The first-order valence-corrected chi connectivity index (χ1v) is 7.65. The van der Waals surface area contributed by atoms with Gasteiger partial charge in [-0.15, -0.1) is 0 Å². The minimum absolute atomic E-state index is 0.153. The summed E-state index contributed by atoms with van der Waals surface area (Å²) in [6.07, 6.45) is 8.64. The van der Waals surface area contributed by atoms with E-state index in [0.717, 1.165) is 48.6 Å². The van der Waals surface area contributed by atoms with Crippen molar-refractivity contribution in [2.75, 3.05) is 18.0 Å². The van der Waals surface area contributed by atoms with Crippen LogP contribution in [-0.4, -0.2) is 49.3 Å². The summed E-state index contributed by atoms with van der Waals surface area (Å²) in [4.78, 5) is 19.5. The van der Waals surface area contributed by atoms with Crippen molar-refractivity contribution in [3.63, 3.8) is 0 Å². The van der Waals surface area contributed by atoms with E-state index in [4.69, 9.17) is 4.74 Å². The van der Waals surface area contributed by atoms with Crippen LogP contribution in [0.25, 0.3) is 11.0 Å². The molecule has 0 bridgehead atoms. The van der Waals surface area contributed by atoms with Gasteiger partial charge in [-0.3, -0.25) is 10.1 Å². The van der Waals surface area contributed by atoms with Crippen LogP contribution < -0.4 is 9.64 Å². The molecule has 3 aromatic heterocycles. The van der Waals surface area contributed by atoms with Crippen molar-refractivity contribution in [3.8, 4) is 5.88 Å². The number of fused-ring (bicyclic) bond motifs is 1. The monoisotopic (exact) mass is 311 g/mol. The van der Waals surface area contributed by atoms with Crippen molar-refractivity contribution in [2.24, 2.45) is 0 Å². The first-order chi connectivity index (χ1) is 11.3. The summed E-state index contributed by atoms with van der Waals surface area (Å²) < 4.78 is 5.86. The molecule has 1 aliphatic rings. The van der Waals surface area contributed by atoms with Crippen LogP contribution in [0.2, 0.25) is 0 Å². The number of piperidine rings is 1. The molecule has 1 aliphatic heterocycles. The Labute approximate surface area is 133 Å². The van der Waals surface area contributed by atoms with Gasteiger partial charge in [0.25, 0.3) is 0 Å². The highest BCUT2D eigenvalue weighted by Crippen LogP contribution is 2.22. The molecular weight excluding hydrogens is 294 g/mol. The minimum Gasteiger partial charge on any atom is -0.473 e. The molecule has 4 rings (SSSR count). The Morgan fingerprint density at radius 3 is 2.83 bits per heavy atom. The second kappa shape index (κ2) is 5.79. The molecule has 8 nitrogen and oxygen atoms in total. The molecule has 0 unspecified atom stereocenters. The van der Waals surface area contributed by atoms with Crippen molar-refractivity contribution in [1.82, 2.24) is 30.1 Å². The number of anilines is 1. The lowest BCUT2D eigenvalue weighted by molar-refractivity contribution is 0.163. The highest BCUT2D eigenvalue weighted by atomic mass is 16.5. The molecule has 0 aliphatic carbocycles. The van der Waals surface area contributed by atoms with Gasteiger partial charge in [0.1, 0.15) is 6.10 Å². The third-order valence-corrected chi connectivity index (χ3v) is 4.04. The lowest BCUT2D eigenvalue weighted by atomic mass is 10.1. The molecule has 118 valence electrons. The number of aromatic nitrogens is 6. The minimum atomic E-state index is 0.153. The number of aromatic amines is 1. The summed E-state index contributed by atoms with van der Waals surface area (Å²) in [7, 11) is 0. The number of H-pyrrole nitrogens is 1. The molecule has 1 fully saturated rings. The highest BCUT2D eigenvalue weighted by Gasteiger charge is 2.23. The predicted molar refractivity (Wildman–Crippen MR) is 84.3 cm³/mol. The molecule has 1 N–H and O–H groups in total. The second-order valence-corrected chi connectivity index (χ2v) is 5.59. The molecule has 8 heteroatoms. The summed E-state index contributed by atoms with van der Waals surface area (Å²) in [6, 6.07) is 0. The van der Waals surface area contributed by atoms with E-state index in [1.807, 2.05) is 6.92 Å². The summed E-state index contributed by atoms with van der Waals surface area (Å²) in [5.74, 6) is 1.33. The van der Waals surface area contributed by atoms with E-state index in [2.05, 4.69) is 35.0 Å². The lowest BCUT2D eigenvalue weighted by Crippen LogP contribution is -2.39. The van der Waals surface area contributed by atoms with E-state index >= 15 is 0 Å². The predicted octanol–water partition coefficient (Wildman–Crippen LogP) is 1.50. The zero-order chi connectivity index (χ0) is 15.6. The van der Waals surface area contributed by atoms with Crippen molar-refractivity contribution < 1.29 is 4.74 Å². The Hall–Kier alpha value is -2.77. The van der Waals surface area contributed by atoms with Gasteiger partial charge >= 0.3 is 0 Å². The Morgan fingerprint density at radius 1 is 1.17 bits per heavy atom.